The van der Waals surface area contributed by atoms with E-state index in [0.29, 0.717) is 29.5 Å². The van der Waals surface area contributed by atoms with Crippen LogP contribution in [-0.4, -0.2) is 24.5 Å². The third-order valence-electron chi connectivity index (χ3n) is 2.46. The molecule has 0 spiro atoms. The van der Waals surface area contributed by atoms with Crippen molar-refractivity contribution in [3.63, 3.8) is 0 Å². The molecule has 0 bridgehead atoms. The molecule has 1 aromatic rings. The third-order valence-corrected chi connectivity index (χ3v) is 3.29. The van der Waals surface area contributed by atoms with E-state index >= 15 is 0 Å². The second-order valence-corrected chi connectivity index (χ2v) is 5.53. The molecule has 3 N–H and O–H groups in total. The molecule has 0 saturated heterocycles. The van der Waals surface area contributed by atoms with Crippen LogP contribution in [0.15, 0.2) is 11.4 Å². The maximum Gasteiger partial charge on any atom is 0.341 e. The summed E-state index contributed by atoms with van der Waals surface area (Å²) in [6.07, 6.45) is 0.603. The van der Waals surface area contributed by atoms with Gasteiger partial charge >= 0.3 is 5.97 Å². The largest absolute Gasteiger partial charge is 0.462 e. The fourth-order valence-corrected chi connectivity index (χ4v) is 2.37. The van der Waals surface area contributed by atoms with Gasteiger partial charge in [-0.15, -0.1) is 11.3 Å². The summed E-state index contributed by atoms with van der Waals surface area (Å²) in [5, 5.41) is 4.91. The molecule has 19 heavy (non-hydrogen) atoms. The molecular formula is C13H20N2O3S. The van der Waals surface area contributed by atoms with Crippen molar-refractivity contribution >= 4 is 28.2 Å². The molecule has 1 amide bonds. The number of amides is 1. The molecule has 0 fully saturated rings. The van der Waals surface area contributed by atoms with Crippen LogP contribution in [-0.2, 0) is 9.53 Å². The van der Waals surface area contributed by atoms with Crippen molar-refractivity contribution < 1.29 is 14.3 Å². The molecule has 0 saturated carbocycles. The third kappa shape index (κ3) is 4.65. The Balaban J connectivity index is 2.70. The Labute approximate surface area is 117 Å². The monoisotopic (exact) mass is 284 g/mol. The molecule has 1 heterocycles. The van der Waals surface area contributed by atoms with E-state index in [4.69, 9.17) is 10.5 Å². The van der Waals surface area contributed by atoms with Crippen LogP contribution in [0.3, 0.4) is 0 Å². The van der Waals surface area contributed by atoms with Gasteiger partial charge in [-0.1, -0.05) is 13.8 Å². The average molecular weight is 284 g/mol. The first-order valence-electron chi connectivity index (χ1n) is 6.26. The van der Waals surface area contributed by atoms with E-state index < -0.39 is 12.0 Å². The second-order valence-electron chi connectivity index (χ2n) is 4.61. The molecule has 1 rings (SSSR count). The van der Waals surface area contributed by atoms with Crippen molar-refractivity contribution in [1.82, 2.24) is 0 Å². The van der Waals surface area contributed by atoms with Crippen LogP contribution >= 0.6 is 11.3 Å². The summed E-state index contributed by atoms with van der Waals surface area (Å²) in [5.41, 5.74) is 6.17. The normalized spacial score (nSPS) is 12.3. The van der Waals surface area contributed by atoms with Gasteiger partial charge in [-0.3, -0.25) is 4.79 Å². The summed E-state index contributed by atoms with van der Waals surface area (Å²) in [6, 6.07) is 1.06. The first kappa shape index (κ1) is 15.7. The van der Waals surface area contributed by atoms with Gasteiger partial charge in [-0.05, 0) is 30.7 Å². The second kappa shape index (κ2) is 7.25. The number of hydrogen-bond donors (Lipinski definition) is 2. The lowest BCUT2D eigenvalue weighted by atomic mass is 10.0. The Morgan fingerprint density at radius 3 is 2.74 bits per heavy atom. The van der Waals surface area contributed by atoms with Crippen LogP contribution in [0.5, 0.6) is 0 Å². The number of nitrogens with two attached hydrogens (primary N) is 1. The topological polar surface area (TPSA) is 81.4 Å². The summed E-state index contributed by atoms with van der Waals surface area (Å²) < 4.78 is 4.92. The van der Waals surface area contributed by atoms with Crippen LogP contribution in [0.4, 0.5) is 5.00 Å². The van der Waals surface area contributed by atoms with Crippen molar-refractivity contribution in [3.8, 4) is 0 Å². The number of carbonyl (C=O) groups excluding carboxylic acids is 2. The van der Waals surface area contributed by atoms with Gasteiger partial charge < -0.3 is 15.8 Å². The van der Waals surface area contributed by atoms with Gasteiger partial charge in [0.15, 0.2) is 0 Å². The van der Waals surface area contributed by atoms with E-state index in [1.165, 1.54) is 11.3 Å². The van der Waals surface area contributed by atoms with E-state index in [1.807, 2.05) is 13.8 Å². The van der Waals surface area contributed by atoms with Crippen molar-refractivity contribution in [2.24, 2.45) is 11.7 Å². The highest BCUT2D eigenvalue weighted by atomic mass is 32.1. The number of anilines is 1. The van der Waals surface area contributed by atoms with Gasteiger partial charge in [0.2, 0.25) is 5.91 Å². The summed E-state index contributed by atoms with van der Waals surface area (Å²) in [7, 11) is 0. The Morgan fingerprint density at radius 1 is 1.47 bits per heavy atom. The SMILES string of the molecule is CCOC(=O)c1ccsc1NC(=O)C(N)CC(C)C. The van der Waals surface area contributed by atoms with Crippen LogP contribution in [0.1, 0.15) is 37.6 Å². The Hall–Kier alpha value is -1.40. The van der Waals surface area contributed by atoms with E-state index in [-0.39, 0.29) is 5.91 Å². The minimum atomic E-state index is -0.572. The highest BCUT2D eigenvalue weighted by molar-refractivity contribution is 7.14. The Kier molecular flexibility index (Phi) is 5.98. The molecule has 0 aromatic carbocycles. The molecule has 0 aliphatic rings. The highest BCUT2D eigenvalue weighted by Crippen LogP contribution is 2.24. The fraction of sp³-hybridized carbons (Fsp3) is 0.538. The number of rotatable bonds is 6. The van der Waals surface area contributed by atoms with Crippen molar-refractivity contribution in [2.45, 2.75) is 33.2 Å². The lowest BCUT2D eigenvalue weighted by Crippen LogP contribution is -2.36. The van der Waals surface area contributed by atoms with Crippen LogP contribution in [0.25, 0.3) is 0 Å². The van der Waals surface area contributed by atoms with Gasteiger partial charge in [-0.25, -0.2) is 4.79 Å². The summed E-state index contributed by atoms with van der Waals surface area (Å²) in [6.45, 7) is 6.04. The summed E-state index contributed by atoms with van der Waals surface area (Å²) in [4.78, 5) is 23.6. The van der Waals surface area contributed by atoms with Crippen LogP contribution in [0, 0.1) is 5.92 Å². The zero-order chi connectivity index (χ0) is 14.4. The fourth-order valence-electron chi connectivity index (χ4n) is 1.60. The lowest BCUT2D eigenvalue weighted by Gasteiger charge is -2.14. The predicted octanol–water partition coefficient (Wildman–Crippen LogP) is 2.24. The minimum Gasteiger partial charge on any atom is -0.462 e. The zero-order valence-corrected chi connectivity index (χ0v) is 12.3. The number of hydrogen-bond acceptors (Lipinski definition) is 5. The molecule has 1 aromatic heterocycles. The van der Waals surface area contributed by atoms with Gasteiger partial charge in [0.1, 0.15) is 5.00 Å². The number of thiophene rings is 1. The average Bonchev–Trinajstić information content (AvgIpc) is 2.76. The Bertz CT molecular complexity index is 443. The standard InChI is InChI=1S/C13H20N2O3S/c1-4-18-13(17)9-5-6-19-12(9)15-11(16)10(14)7-8(2)3/h5-6,8,10H,4,7,14H2,1-3H3,(H,15,16). The molecule has 106 valence electrons. The van der Waals surface area contributed by atoms with Gasteiger partial charge in [0, 0.05) is 0 Å². The van der Waals surface area contributed by atoms with E-state index in [0.717, 1.165) is 0 Å². The molecule has 1 unspecified atom stereocenters. The van der Waals surface area contributed by atoms with E-state index in [2.05, 4.69) is 5.32 Å². The summed E-state index contributed by atoms with van der Waals surface area (Å²) >= 11 is 1.28. The maximum absolute atomic E-state index is 11.9. The van der Waals surface area contributed by atoms with Gasteiger partial charge in [-0.2, -0.15) is 0 Å². The van der Waals surface area contributed by atoms with Gasteiger partial charge in [0.25, 0.3) is 0 Å². The quantitative estimate of drug-likeness (QED) is 0.785. The van der Waals surface area contributed by atoms with Crippen molar-refractivity contribution in [2.75, 3.05) is 11.9 Å². The maximum atomic E-state index is 11.9. The molecule has 1 atom stereocenters. The van der Waals surface area contributed by atoms with Crippen molar-refractivity contribution in [1.29, 1.82) is 0 Å². The molecule has 6 heteroatoms. The summed E-state index contributed by atoms with van der Waals surface area (Å²) in [5.74, 6) is -0.369. The smallest absolute Gasteiger partial charge is 0.341 e. The van der Waals surface area contributed by atoms with Crippen LogP contribution < -0.4 is 11.1 Å². The molecule has 5 nitrogen and oxygen atoms in total. The van der Waals surface area contributed by atoms with Crippen molar-refractivity contribution in [3.05, 3.63) is 17.0 Å². The first-order chi connectivity index (χ1) is 8.95. The predicted molar refractivity (Wildman–Crippen MR) is 76.3 cm³/mol. The Morgan fingerprint density at radius 2 is 2.16 bits per heavy atom. The molecule has 0 radical (unpaired) electrons. The van der Waals surface area contributed by atoms with E-state index in [9.17, 15) is 9.59 Å². The zero-order valence-electron chi connectivity index (χ0n) is 11.4. The molecule has 0 aliphatic heterocycles. The number of esters is 1. The van der Waals surface area contributed by atoms with Crippen LogP contribution in [0.2, 0.25) is 0 Å². The minimum absolute atomic E-state index is 0.276. The number of carbonyl (C=O) groups is 2. The van der Waals surface area contributed by atoms with E-state index in [1.54, 1.807) is 18.4 Å². The van der Waals surface area contributed by atoms with Gasteiger partial charge in [0.05, 0.1) is 18.2 Å². The molecule has 0 aliphatic carbocycles. The highest BCUT2D eigenvalue weighted by Gasteiger charge is 2.20. The number of ether oxygens (including phenoxy) is 1. The molecular weight excluding hydrogens is 264 g/mol. The first-order valence-corrected chi connectivity index (χ1v) is 7.14. The lowest BCUT2D eigenvalue weighted by molar-refractivity contribution is -0.117. The number of nitrogens with one attached hydrogen (secondary N) is 1.